The summed E-state index contributed by atoms with van der Waals surface area (Å²) in [5.41, 5.74) is 1.77. The van der Waals surface area contributed by atoms with Gasteiger partial charge in [0.1, 0.15) is 18.3 Å². The van der Waals surface area contributed by atoms with Gasteiger partial charge in [0.15, 0.2) is 0 Å². The van der Waals surface area contributed by atoms with Crippen LogP contribution in [-0.4, -0.2) is 50.9 Å². The van der Waals surface area contributed by atoms with E-state index in [-0.39, 0.29) is 23.4 Å². The first-order valence-electron chi connectivity index (χ1n) is 12.5. The Hall–Kier alpha value is -3.56. The lowest BCUT2D eigenvalue weighted by molar-refractivity contribution is -0.139. The van der Waals surface area contributed by atoms with Crippen LogP contribution >= 0.6 is 11.6 Å². The van der Waals surface area contributed by atoms with E-state index in [1.807, 2.05) is 19.9 Å². The quantitative estimate of drug-likeness (QED) is 0.357. The van der Waals surface area contributed by atoms with Crippen molar-refractivity contribution < 1.29 is 22.7 Å². The van der Waals surface area contributed by atoms with Crippen LogP contribution < -0.4 is 14.4 Å². The molecule has 0 aliphatic heterocycles. The Labute approximate surface area is 235 Å². The smallest absolute Gasteiger partial charge is 0.264 e. The molecule has 0 aliphatic rings. The Bertz CT molecular complexity index is 1410. The summed E-state index contributed by atoms with van der Waals surface area (Å²) in [5.74, 6) is -0.277. The third-order valence-electron chi connectivity index (χ3n) is 6.15. The van der Waals surface area contributed by atoms with Crippen molar-refractivity contribution >= 4 is 39.1 Å². The van der Waals surface area contributed by atoms with Gasteiger partial charge in [-0.15, -0.1) is 0 Å². The lowest BCUT2D eigenvalue weighted by atomic mass is 10.1. The van der Waals surface area contributed by atoms with Crippen LogP contribution in [0.25, 0.3) is 0 Å². The third-order valence-corrected chi connectivity index (χ3v) is 8.18. The van der Waals surface area contributed by atoms with Crippen LogP contribution in [0.15, 0.2) is 77.7 Å². The van der Waals surface area contributed by atoms with Crippen molar-refractivity contribution in [3.8, 4) is 5.75 Å². The third kappa shape index (κ3) is 7.52. The highest BCUT2D eigenvalue weighted by atomic mass is 35.5. The molecule has 0 fully saturated rings. The Morgan fingerprint density at radius 3 is 2.26 bits per heavy atom. The number of halogens is 1. The lowest BCUT2D eigenvalue weighted by Crippen LogP contribution is -2.52. The fraction of sp³-hybridized carbons (Fsp3) is 0.310. The number of benzene rings is 3. The van der Waals surface area contributed by atoms with Crippen LogP contribution in [0.2, 0.25) is 5.02 Å². The molecule has 208 valence electrons. The Morgan fingerprint density at radius 2 is 1.64 bits per heavy atom. The van der Waals surface area contributed by atoms with E-state index >= 15 is 0 Å². The molecule has 3 aromatic carbocycles. The number of ether oxygens (including phenoxy) is 1. The van der Waals surface area contributed by atoms with Gasteiger partial charge < -0.3 is 15.0 Å². The van der Waals surface area contributed by atoms with Crippen LogP contribution in [-0.2, 0) is 26.2 Å². The number of nitrogens with zero attached hydrogens (tertiary/aromatic N) is 2. The topological polar surface area (TPSA) is 96.0 Å². The zero-order chi connectivity index (χ0) is 28.7. The number of hydrogen-bond acceptors (Lipinski definition) is 5. The number of carbonyl (C=O) groups is 2. The standard InChI is InChI=1S/C29H34ClN3O5S/c1-20(2)31-29(35)22(4)32(18-23-10-8-11-25(17-23)38-5)28(34)19-33(27-12-7-6-9-21(27)3)39(36,37)26-15-13-24(30)14-16-26/h6-17,20,22H,18-19H2,1-5H3,(H,31,35)/t22-/m1/s1. The fourth-order valence-corrected chi connectivity index (χ4v) is 5.65. The molecule has 0 aromatic heterocycles. The molecule has 1 N–H and O–H groups in total. The average Bonchev–Trinajstić information content (AvgIpc) is 2.90. The molecular formula is C29H34ClN3O5S. The Balaban J connectivity index is 2.05. The predicted octanol–water partition coefficient (Wildman–Crippen LogP) is 4.79. The van der Waals surface area contributed by atoms with Gasteiger partial charge in [-0.3, -0.25) is 13.9 Å². The second-order valence-electron chi connectivity index (χ2n) is 9.46. The van der Waals surface area contributed by atoms with Crippen molar-refractivity contribution in [2.24, 2.45) is 0 Å². The maximum absolute atomic E-state index is 13.9. The molecule has 0 saturated carbocycles. The van der Waals surface area contributed by atoms with E-state index in [4.69, 9.17) is 16.3 Å². The van der Waals surface area contributed by atoms with E-state index in [1.54, 1.807) is 63.4 Å². The number of hydrogen-bond donors (Lipinski definition) is 1. The SMILES string of the molecule is COc1cccc(CN(C(=O)CN(c2ccccc2C)S(=O)(=O)c2ccc(Cl)cc2)[C@H](C)C(=O)NC(C)C)c1. The normalized spacial score (nSPS) is 12.1. The zero-order valence-electron chi connectivity index (χ0n) is 22.7. The summed E-state index contributed by atoms with van der Waals surface area (Å²) >= 11 is 5.99. The zero-order valence-corrected chi connectivity index (χ0v) is 24.3. The molecule has 2 amide bonds. The van der Waals surface area contributed by atoms with Crippen molar-refractivity contribution in [3.05, 3.63) is 88.9 Å². The predicted molar refractivity (Wildman–Crippen MR) is 153 cm³/mol. The second-order valence-corrected chi connectivity index (χ2v) is 11.8. The summed E-state index contributed by atoms with van der Waals surface area (Å²) in [4.78, 5) is 28.3. The van der Waals surface area contributed by atoms with E-state index < -0.39 is 28.5 Å². The van der Waals surface area contributed by atoms with Gasteiger partial charge in [0.2, 0.25) is 11.8 Å². The maximum atomic E-state index is 13.9. The van der Waals surface area contributed by atoms with Crippen LogP contribution in [0, 0.1) is 6.92 Å². The van der Waals surface area contributed by atoms with Crippen molar-refractivity contribution in [3.63, 3.8) is 0 Å². The molecule has 1 atom stereocenters. The number of anilines is 1. The maximum Gasteiger partial charge on any atom is 0.264 e. The van der Waals surface area contributed by atoms with Gasteiger partial charge in [0.05, 0.1) is 17.7 Å². The van der Waals surface area contributed by atoms with Crippen molar-refractivity contribution in [1.29, 1.82) is 0 Å². The van der Waals surface area contributed by atoms with E-state index in [2.05, 4.69) is 5.32 Å². The molecule has 0 unspecified atom stereocenters. The Morgan fingerprint density at radius 1 is 0.974 bits per heavy atom. The van der Waals surface area contributed by atoms with Gasteiger partial charge in [-0.25, -0.2) is 8.42 Å². The van der Waals surface area contributed by atoms with Crippen LogP contribution in [0.4, 0.5) is 5.69 Å². The van der Waals surface area contributed by atoms with E-state index in [1.165, 1.54) is 29.2 Å². The molecule has 3 aromatic rings. The molecule has 8 nitrogen and oxygen atoms in total. The summed E-state index contributed by atoms with van der Waals surface area (Å²) in [5, 5.41) is 3.23. The summed E-state index contributed by atoms with van der Waals surface area (Å²) in [6.45, 7) is 6.62. The number of nitrogens with one attached hydrogen (secondary N) is 1. The first-order chi connectivity index (χ1) is 18.4. The van der Waals surface area contributed by atoms with Gasteiger partial charge in [0, 0.05) is 17.6 Å². The molecule has 39 heavy (non-hydrogen) atoms. The van der Waals surface area contributed by atoms with Crippen molar-refractivity contribution in [2.75, 3.05) is 18.0 Å². The van der Waals surface area contributed by atoms with Crippen molar-refractivity contribution in [1.82, 2.24) is 10.2 Å². The van der Waals surface area contributed by atoms with E-state index in [9.17, 15) is 18.0 Å². The largest absolute Gasteiger partial charge is 0.497 e. The average molecular weight is 572 g/mol. The highest BCUT2D eigenvalue weighted by Gasteiger charge is 2.33. The molecule has 0 bridgehead atoms. The molecule has 0 spiro atoms. The number of sulfonamides is 1. The molecule has 3 rings (SSSR count). The van der Waals surface area contributed by atoms with E-state index in [0.29, 0.717) is 22.0 Å². The molecular weight excluding hydrogens is 538 g/mol. The fourth-order valence-electron chi connectivity index (χ4n) is 4.05. The van der Waals surface area contributed by atoms with Crippen molar-refractivity contribution in [2.45, 2.75) is 51.2 Å². The first-order valence-corrected chi connectivity index (χ1v) is 14.3. The minimum absolute atomic E-state index is 0.00658. The molecule has 0 radical (unpaired) electrons. The number of rotatable bonds is 11. The summed E-state index contributed by atoms with van der Waals surface area (Å²) in [6, 6.07) is 18.9. The summed E-state index contributed by atoms with van der Waals surface area (Å²) < 4.78 is 34.1. The number of para-hydroxylation sites is 1. The lowest BCUT2D eigenvalue weighted by Gasteiger charge is -2.32. The van der Waals surface area contributed by atoms with Gasteiger partial charge in [-0.05, 0) is 81.3 Å². The molecule has 0 heterocycles. The minimum Gasteiger partial charge on any atom is -0.497 e. The summed E-state index contributed by atoms with van der Waals surface area (Å²) in [6.07, 6.45) is 0. The van der Waals surface area contributed by atoms with Gasteiger partial charge in [-0.1, -0.05) is 41.9 Å². The van der Waals surface area contributed by atoms with Crippen LogP contribution in [0.3, 0.4) is 0 Å². The highest BCUT2D eigenvalue weighted by molar-refractivity contribution is 7.92. The van der Waals surface area contributed by atoms with Crippen LogP contribution in [0.5, 0.6) is 5.75 Å². The second kappa shape index (κ2) is 13.0. The molecule has 10 heteroatoms. The molecule has 0 saturated heterocycles. The summed E-state index contributed by atoms with van der Waals surface area (Å²) in [7, 11) is -2.62. The van der Waals surface area contributed by atoms with Gasteiger partial charge in [0.25, 0.3) is 10.0 Å². The minimum atomic E-state index is -4.16. The number of carbonyl (C=O) groups excluding carboxylic acids is 2. The number of amides is 2. The van der Waals surface area contributed by atoms with Gasteiger partial charge >= 0.3 is 0 Å². The Kier molecular flexibility index (Phi) is 9.99. The first kappa shape index (κ1) is 30.0. The highest BCUT2D eigenvalue weighted by Crippen LogP contribution is 2.28. The van der Waals surface area contributed by atoms with Crippen LogP contribution in [0.1, 0.15) is 31.9 Å². The molecule has 0 aliphatic carbocycles. The van der Waals surface area contributed by atoms with Gasteiger partial charge in [-0.2, -0.15) is 0 Å². The number of aryl methyl sites for hydroxylation is 1. The monoisotopic (exact) mass is 571 g/mol. The van der Waals surface area contributed by atoms with E-state index in [0.717, 1.165) is 9.87 Å². The number of methoxy groups -OCH3 is 1.